The highest BCUT2D eigenvalue weighted by molar-refractivity contribution is 5.86. The number of likely N-dealkylation sites (N-methyl/N-ethyl adjacent to an activating group) is 1. The maximum absolute atomic E-state index is 12.2. The lowest BCUT2D eigenvalue weighted by Gasteiger charge is -2.25. The number of amides is 1. The number of carbonyl (C=O) groups is 1. The zero-order valence-corrected chi connectivity index (χ0v) is 18.2. The van der Waals surface area contributed by atoms with E-state index in [0.717, 1.165) is 50.0 Å². The van der Waals surface area contributed by atoms with E-state index in [2.05, 4.69) is 30.4 Å². The van der Waals surface area contributed by atoms with E-state index in [1.807, 2.05) is 39.6 Å². The first-order valence-corrected chi connectivity index (χ1v) is 10.5. The zero-order chi connectivity index (χ0) is 20.6. The van der Waals surface area contributed by atoms with Crippen molar-refractivity contribution in [2.24, 2.45) is 4.99 Å². The van der Waals surface area contributed by atoms with Crippen LogP contribution in [0.5, 0.6) is 0 Å². The third kappa shape index (κ3) is 7.13. The minimum Gasteiger partial charge on any atom is -0.357 e. The number of rotatable bonds is 7. The number of aryl methyl sites for hydroxylation is 2. The number of hydrogen-bond donors (Lipinski definition) is 2. The van der Waals surface area contributed by atoms with E-state index in [0.29, 0.717) is 6.54 Å². The number of hydrogen-bond acceptors (Lipinski definition) is 4. The molecular formula is C20H37N7O. The average Bonchev–Trinajstić information content (AvgIpc) is 2.82. The normalized spacial score (nSPS) is 15.0. The van der Waals surface area contributed by atoms with Gasteiger partial charge < -0.3 is 20.1 Å². The Labute approximate surface area is 169 Å². The zero-order valence-electron chi connectivity index (χ0n) is 18.2. The fourth-order valence-corrected chi connectivity index (χ4v) is 3.37. The summed E-state index contributed by atoms with van der Waals surface area (Å²) in [6.07, 6.45) is 6.52. The lowest BCUT2D eigenvalue weighted by Crippen LogP contribution is -2.48. The molecule has 0 unspecified atom stereocenters. The molecule has 0 bridgehead atoms. The molecule has 2 rings (SSSR count). The summed E-state index contributed by atoms with van der Waals surface area (Å²) >= 11 is 0. The smallest absolute Gasteiger partial charge is 0.240 e. The van der Waals surface area contributed by atoms with Crippen molar-refractivity contribution < 1.29 is 4.79 Å². The predicted molar refractivity (Wildman–Crippen MR) is 112 cm³/mol. The lowest BCUT2D eigenvalue weighted by atomic mass is 10.1. The maximum Gasteiger partial charge on any atom is 0.240 e. The van der Waals surface area contributed by atoms with Gasteiger partial charge in [-0.3, -0.25) is 9.79 Å². The minimum atomic E-state index is -0.232. The SMILES string of the molecule is CCNC(=NCCCc1nnc2n1CCCCC2)N(C)CC(=O)NC(C)(C)C. The van der Waals surface area contributed by atoms with Crippen LogP contribution in [0.4, 0.5) is 0 Å². The third-order valence-electron chi connectivity index (χ3n) is 4.60. The Balaban J connectivity index is 1.87. The molecule has 1 amide bonds. The molecule has 8 heteroatoms. The van der Waals surface area contributed by atoms with E-state index >= 15 is 0 Å². The lowest BCUT2D eigenvalue weighted by molar-refractivity contribution is -0.122. The van der Waals surface area contributed by atoms with E-state index in [1.54, 1.807) is 0 Å². The topological polar surface area (TPSA) is 87.4 Å². The number of aliphatic imine (C=N–C) groups is 1. The molecule has 1 aliphatic rings. The molecule has 1 aromatic heterocycles. The highest BCUT2D eigenvalue weighted by Gasteiger charge is 2.17. The fraction of sp³-hybridized carbons (Fsp3) is 0.800. The summed E-state index contributed by atoms with van der Waals surface area (Å²) in [7, 11) is 1.89. The molecule has 1 aliphatic heterocycles. The van der Waals surface area contributed by atoms with Gasteiger partial charge in [0.1, 0.15) is 11.6 Å². The molecule has 158 valence electrons. The standard InChI is InChI=1S/C20H37N7O/c1-6-21-19(26(5)15-18(28)23-20(2,3)4)22-13-10-12-17-25-24-16-11-8-7-9-14-27(16)17/h6-15H2,1-5H3,(H,21,22)(H,23,28). The number of guanidine groups is 1. The van der Waals surface area contributed by atoms with Gasteiger partial charge in [-0.2, -0.15) is 0 Å². The molecule has 0 saturated heterocycles. The quantitative estimate of drug-likeness (QED) is 0.420. The van der Waals surface area contributed by atoms with E-state index < -0.39 is 0 Å². The van der Waals surface area contributed by atoms with E-state index in [9.17, 15) is 4.79 Å². The Hall–Kier alpha value is -2.12. The average molecular weight is 392 g/mol. The van der Waals surface area contributed by atoms with Gasteiger partial charge in [0.25, 0.3) is 0 Å². The van der Waals surface area contributed by atoms with Gasteiger partial charge in [-0.15, -0.1) is 10.2 Å². The Morgan fingerprint density at radius 3 is 2.75 bits per heavy atom. The molecular weight excluding hydrogens is 354 g/mol. The molecule has 8 nitrogen and oxygen atoms in total. The molecule has 0 saturated carbocycles. The van der Waals surface area contributed by atoms with Crippen molar-refractivity contribution in [3.05, 3.63) is 11.6 Å². The summed E-state index contributed by atoms with van der Waals surface area (Å²) in [5.74, 6) is 2.96. The van der Waals surface area contributed by atoms with Crippen LogP contribution in [-0.4, -0.2) is 63.8 Å². The second-order valence-electron chi connectivity index (χ2n) is 8.49. The highest BCUT2D eigenvalue weighted by atomic mass is 16.2. The molecule has 0 aliphatic carbocycles. The van der Waals surface area contributed by atoms with E-state index in [-0.39, 0.29) is 18.0 Å². The van der Waals surface area contributed by atoms with Crippen LogP contribution in [0.3, 0.4) is 0 Å². The second kappa shape index (κ2) is 10.4. The van der Waals surface area contributed by atoms with Crippen molar-refractivity contribution in [2.75, 3.05) is 26.7 Å². The Kier molecular flexibility index (Phi) is 8.26. The second-order valence-corrected chi connectivity index (χ2v) is 8.49. The van der Waals surface area contributed by atoms with Gasteiger partial charge in [0.2, 0.25) is 5.91 Å². The molecule has 0 radical (unpaired) electrons. The van der Waals surface area contributed by atoms with Gasteiger partial charge in [-0.1, -0.05) is 6.42 Å². The van der Waals surface area contributed by atoms with Gasteiger partial charge >= 0.3 is 0 Å². The summed E-state index contributed by atoms with van der Waals surface area (Å²) in [5, 5.41) is 15.0. The fourth-order valence-electron chi connectivity index (χ4n) is 3.37. The van der Waals surface area contributed by atoms with Crippen molar-refractivity contribution >= 4 is 11.9 Å². The molecule has 28 heavy (non-hydrogen) atoms. The molecule has 2 heterocycles. The van der Waals surface area contributed by atoms with Gasteiger partial charge in [-0.25, -0.2) is 0 Å². The summed E-state index contributed by atoms with van der Waals surface area (Å²) < 4.78 is 2.30. The number of fused-ring (bicyclic) bond motifs is 1. The van der Waals surface area contributed by atoms with Crippen LogP contribution in [0.25, 0.3) is 0 Å². The van der Waals surface area contributed by atoms with Crippen LogP contribution < -0.4 is 10.6 Å². The Morgan fingerprint density at radius 1 is 1.25 bits per heavy atom. The summed E-state index contributed by atoms with van der Waals surface area (Å²) in [5.41, 5.74) is -0.232. The molecule has 1 aromatic rings. The van der Waals surface area contributed by atoms with Crippen LogP contribution in [0.2, 0.25) is 0 Å². The van der Waals surface area contributed by atoms with E-state index in [1.165, 1.54) is 19.3 Å². The summed E-state index contributed by atoms with van der Waals surface area (Å²) in [6, 6.07) is 0. The van der Waals surface area contributed by atoms with Crippen LogP contribution in [-0.2, 0) is 24.2 Å². The number of carbonyl (C=O) groups excluding carboxylic acids is 1. The number of nitrogens with one attached hydrogen (secondary N) is 2. The molecule has 0 atom stereocenters. The van der Waals surface area contributed by atoms with Crippen LogP contribution in [0, 0.1) is 0 Å². The Morgan fingerprint density at radius 2 is 2.04 bits per heavy atom. The number of aromatic nitrogens is 3. The maximum atomic E-state index is 12.2. The van der Waals surface area contributed by atoms with E-state index in [4.69, 9.17) is 0 Å². The molecule has 2 N–H and O–H groups in total. The van der Waals surface area contributed by atoms with Crippen molar-refractivity contribution in [2.45, 2.75) is 78.3 Å². The van der Waals surface area contributed by atoms with Crippen molar-refractivity contribution in [1.82, 2.24) is 30.3 Å². The first-order valence-electron chi connectivity index (χ1n) is 10.5. The Bertz CT molecular complexity index is 660. The van der Waals surface area contributed by atoms with Gasteiger partial charge in [0.15, 0.2) is 5.96 Å². The molecule has 0 spiro atoms. The first-order chi connectivity index (χ1) is 13.3. The van der Waals surface area contributed by atoms with Crippen LogP contribution in [0.15, 0.2) is 4.99 Å². The van der Waals surface area contributed by atoms with Crippen molar-refractivity contribution in [3.63, 3.8) is 0 Å². The van der Waals surface area contributed by atoms with Crippen LogP contribution in [0.1, 0.15) is 65.0 Å². The van der Waals surface area contributed by atoms with Crippen molar-refractivity contribution in [1.29, 1.82) is 0 Å². The van der Waals surface area contributed by atoms with Gasteiger partial charge in [0.05, 0.1) is 6.54 Å². The highest BCUT2D eigenvalue weighted by Crippen LogP contribution is 2.15. The van der Waals surface area contributed by atoms with Crippen molar-refractivity contribution in [3.8, 4) is 0 Å². The minimum absolute atomic E-state index is 0.00763. The molecule has 0 fully saturated rings. The third-order valence-corrected chi connectivity index (χ3v) is 4.60. The monoisotopic (exact) mass is 391 g/mol. The van der Waals surface area contributed by atoms with Gasteiger partial charge in [0, 0.05) is 45.1 Å². The largest absolute Gasteiger partial charge is 0.357 e. The number of nitrogens with zero attached hydrogens (tertiary/aromatic N) is 5. The molecule has 0 aromatic carbocycles. The summed E-state index contributed by atoms with van der Waals surface area (Å²) in [4.78, 5) is 18.7. The predicted octanol–water partition coefficient (Wildman–Crippen LogP) is 1.75. The summed E-state index contributed by atoms with van der Waals surface area (Å²) in [6.45, 7) is 10.7. The first kappa shape index (κ1) is 22.2. The van der Waals surface area contributed by atoms with Crippen LogP contribution >= 0.6 is 0 Å². The van der Waals surface area contributed by atoms with Gasteiger partial charge in [-0.05, 0) is 47.0 Å².